The largest absolute Gasteiger partial charge is 0.454 e. The first kappa shape index (κ1) is 23.7. The van der Waals surface area contributed by atoms with Crippen LogP contribution in [-0.4, -0.2) is 35.2 Å². The molecule has 3 aromatic carbocycles. The van der Waals surface area contributed by atoms with Gasteiger partial charge in [-0.25, -0.2) is 9.69 Å². The zero-order valence-corrected chi connectivity index (χ0v) is 20.3. The molecule has 4 aromatic rings. The van der Waals surface area contributed by atoms with E-state index >= 15 is 0 Å². The molecule has 0 saturated carbocycles. The van der Waals surface area contributed by atoms with Gasteiger partial charge in [0, 0.05) is 10.9 Å². The number of Topliss-reactive ketones (excluding diaryl/α,β-unsaturated/α-hetero) is 1. The highest BCUT2D eigenvalue weighted by molar-refractivity contribution is 6.42. The fourth-order valence-corrected chi connectivity index (χ4v) is 4.38. The van der Waals surface area contributed by atoms with Crippen LogP contribution in [0.5, 0.6) is 0 Å². The monoisotopic (exact) mass is 518 g/mol. The standard InChI is InChI=1S/C27H16Cl2N2O5/c1-14-23-24(18-4-2-3-5-21(18)30-14)26(34)31(25(23)33)17-9-6-15(7-10-17)27(35)36-13-22(32)16-8-11-19(28)20(29)12-16/h2-12H,13H2,1H3. The number of hydrogen-bond donors (Lipinski definition) is 0. The molecule has 0 N–H and O–H groups in total. The summed E-state index contributed by atoms with van der Waals surface area (Å²) in [6.45, 7) is 1.20. The number of ketones is 1. The van der Waals surface area contributed by atoms with Crippen LogP contribution in [0.1, 0.15) is 47.1 Å². The van der Waals surface area contributed by atoms with Gasteiger partial charge >= 0.3 is 5.97 Å². The van der Waals surface area contributed by atoms with Crippen molar-refractivity contribution >= 4 is 63.4 Å². The van der Waals surface area contributed by atoms with E-state index in [9.17, 15) is 19.2 Å². The lowest BCUT2D eigenvalue weighted by Gasteiger charge is -2.14. The molecule has 2 amide bonds. The van der Waals surface area contributed by atoms with E-state index in [1.54, 1.807) is 25.1 Å². The predicted octanol–water partition coefficient (Wildman–Crippen LogP) is 5.69. The SMILES string of the molecule is Cc1nc2ccccc2c2c1C(=O)N(c1ccc(C(=O)OCC(=O)c3ccc(Cl)c(Cl)c3)cc1)C2=O. The summed E-state index contributed by atoms with van der Waals surface area (Å²) in [5, 5.41) is 1.13. The lowest BCUT2D eigenvalue weighted by molar-refractivity contribution is 0.0474. The number of carbonyl (C=O) groups is 4. The van der Waals surface area contributed by atoms with Crippen molar-refractivity contribution in [3.05, 3.63) is 105 Å². The van der Waals surface area contributed by atoms with E-state index in [-0.39, 0.29) is 21.7 Å². The number of amides is 2. The predicted molar refractivity (Wildman–Crippen MR) is 135 cm³/mol. The summed E-state index contributed by atoms with van der Waals surface area (Å²) < 4.78 is 5.12. The van der Waals surface area contributed by atoms with Crippen molar-refractivity contribution in [2.45, 2.75) is 6.92 Å². The molecule has 0 spiro atoms. The molecule has 0 fully saturated rings. The first-order chi connectivity index (χ1) is 17.3. The van der Waals surface area contributed by atoms with E-state index in [2.05, 4.69) is 4.98 Å². The third kappa shape index (κ3) is 4.02. The highest BCUT2D eigenvalue weighted by Crippen LogP contribution is 2.34. The first-order valence-corrected chi connectivity index (χ1v) is 11.6. The van der Waals surface area contributed by atoms with Gasteiger partial charge in [0.1, 0.15) is 0 Å². The van der Waals surface area contributed by atoms with Crippen molar-refractivity contribution in [1.29, 1.82) is 0 Å². The van der Waals surface area contributed by atoms with Crippen molar-refractivity contribution in [2.24, 2.45) is 0 Å². The number of esters is 1. The quantitative estimate of drug-likeness (QED) is 0.191. The van der Waals surface area contributed by atoms with E-state index in [1.165, 1.54) is 42.5 Å². The molecular weight excluding hydrogens is 503 g/mol. The Labute approximate surface area is 215 Å². The van der Waals surface area contributed by atoms with Gasteiger partial charge in [-0.1, -0.05) is 41.4 Å². The molecule has 178 valence electrons. The van der Waals surface area contributed by atoms with Crippen molar-refractivity contribution < 1.29 is 23.9 Å². The number of aromatic nitrogens is 1. The second-order valence-electron chi connectivity index (χ2n) is 8.09. The summed E-state index contributed by atoms with van der Waals surface area (Å²) in [7, 11) is 0. The number of aryl methyl sites for hydroxylation is 1. The van der Waals surface area contributed by atoms with Crippen LogP contribution in [0.3, 0.4) is 0 Å². The van der Waals surface area contributed by atoms with Crippen molar-refractivity contribution in [1.82, 2.24) is 4.98 Å². The highest BCUT2D eigenvalue weighted by Gasteiger charge is 2.40. The zero-order valence-electron chi connectivity index (χ0n) is 18.7. The lowest BCUT2D eigenvalue weighted by atomic mass is 10.0. The zero-order chi connectivity index (χ0) is 25.6. The van der Waals surface area contributed by atoms with Gasteiger partial charge in [-0.2, -0.15) is 0 Å². The fraction of sp³-hybridized carbons (Fsp3) is 0.0741. The number of para-hydroxylation sites is 1. The molecule has 0 aliphatic carbocycles. The minimum absolute atomic E-state index is 0.153. The lowest BCUT2D eigenvalue weighted by Crippen LogP contribution is -2.29. The molecular formula is C27H16Cl2N2O5. The van der Waals surface area contributed by atoms with Gasteiger partial charge < -0.3 is 4.74 Å². The van der Waals surface area contributed by atoms with Crippen LogP contribution in [0, 0.1) is 6.92 Å². The minimum atomic E-state index is -0.733. The Bertz CT molecular complexity index is 1600. The van der Waals surface area contributed by atoms with Crippen LogP contribution in [0.25, 0.3) is 10.9 Å². The van der Waals surface area contributed by atoms with Gasteiger partial charge in [-0.15, -0.1) is 0 Å². The van der Waals surface area contributed by atoms with Crippen molar-refractivity contribution in [2.75, 3.05) is 11.5 Å². The number of hydrogen-bond acceptors (Lipinski definition) is 6. The van der Waals surface area contributed by atoms with E-state index < -0.39 is 30.2 Å². The van der Waals surface area contributed by atoms with Crippen molar-refractivity contribution in [3.8, 4) is 0 Å². The summed E-state index contributed by atoms with van der Waals surface area (Å²) in [4.78, 5) is 56.7. The number of nitrogens with zero attached hydrogens (tertiary/aromatic N) is 2. The third-order valence-electron chi connectivity index (χ3n) is 5.84. The Hall–Kier alpha value is -4.07. The topological polar surface area (TPSA) is 93.6 Å². The molecule has 1 aromatic heterocycles. The number of fused-ring (bicyclic) bond motifs is 3. The molecule has 7 nitrogen and oxygen atoms in total. The van der Waals surface area contributed by atoms with Crippen LogP contribution in [-0.2, 0) is 4.74 Å². The number of rotatable bonds is 5. The van der Waals surface area contributed by atoms with E-state index in [0.717, 1.165) is 4.90 Å². The van der Waals surface area contributed by atoms with Gasteiger partial charge in [0.25, 0.3) is 11.8 Å². The van der Waals surface area contributed by atoms with Gasteiger partial charge in [0.2, 0.25) is 0 Å². The van der Waals surface area contributed by atoms with E-state index in [0.29, 0.717) is 32.9 Å². The number of ether oxygens (including phenoxy) is 1. The Balaban J connectivity index is 1.33. The molecule has 5 rings (SSSR count). The number of carbonyl (C=O) groups excluding carboxylic acids is 4. The average Bonchev–Trinajstić information content (AvgIpc) is 3.15. The molecule has 0 saturated heterocycles. The maximum atomic E-state index is 13.3. The number of benzene rings is 3. The van der Waals surface area contributed by atoms with Crippen molar-refractivity contribution in [3.63, 3.8) is 0 Å². The van der Waals surface area contributed by atoms with Crippen LogP contribution in [0.4, 0.5) is 5.69 Å². The molecule has 1 aliphatic rings. The van der Waals surface area contributed by atoms with E-state index in [4.69, 9.17) is 27.9 Å². The van der Waals surface area contributed by atoms with Crippen LogP contribution < -0.4 is 4.90 Å². The van der Waals surface area contributed by atoms with E-state index in [1.807, 2.05) is 6.07 Å². The van der Waals surface area contributed by atoms with Crippen LogP contribution >= 0.6 is 23.2 Å². The number of anilines is 1. The van der Waals surface area contributed by atoms with Crippen LogP contribution in [0.15, 0.2) is 66.7 Å². The molecule has 0 radical (unpaired) electrons. The second kappa shape index (κ2) is 9.18. The summed E-state index contributed by atoms with van der Waals surface area (Å²) in [5.74, 6) is -2.11. The third-order valence-corrected chi connectivity index (χ3v) is 6.58. The summed E-state index contributed by atoms with van der Waals surface area (Å²) in [6, 6.07) is 17.3. The van der Waals surface area contributed by atoms with Gasteiger partial charge in [0.15, 0.2) is 12.4 Å². The molecule has 2 heterocycles. The number of imide groups is 1. The smallest absolute Gasteiger partial charge is 0.338 e. The number of halogens is 2. The number of pyridine rings is 1. The molecule has 0 unspecified atom stereocenters. The van der Waals surface area contributed by atoms with Gasteiger partial charge in [-0.3, -0.25) is 19.4 Å². The minimum Gasteiger partial charge on any atom is -0.454 e. The molecule has 0 atom stereocenters. The average molecular weight is 519 g/mol. The summed E-state index contributed by atoms with van der Waals surface area (Å²) in [5.41, 5.74) is 2.39. The summed E-state index contributed by atoms with van der Waals surface area (Å²) >= 11 is 11.8. The molecule has 9 heteroatoms. The van der Waals surface area contributed by atoms with Gasteiger partial charge in [0.05, 0.1) is 43.6 Å². The van der Waals surface area contributed by atoms with Gasteiger partial charge in [-0.05, 0) is 55.5 Å². The Morgan fingerprint density at radius 1 is 0.861 bits per heavy atom. The maximum absolute atomic E-state index is 13.3. The second-order valence-corrected chi connectivity index (χ2v) is 8.90. The van der Waals surface area contributed by atoms with Crippen LogP contribution in [0.2, 0.25) is 10.0 Å². The Morgan fingerprint density at radius 2 is 1.53 bits per heavy atom. The molecule has 1 aliphatic heterocycles. The maximum Gasteiger partial charge on any atom is 0.338 e. The molecule has 36 heavy (non-hydrogen) atoms. The first-order valence-electron chi connectivity index (χ1n) is 10.8. The molecule has 0 bridgehead atoms. The fourth-order valence-electron chi connectivity index (χ4n) is 4.08. The normalized spacial score (nSPS) is 12.7. The Kier molecular flexibility index (Phi) is 6.04. The summed E-state index contributed by atoms with van der Waals surface area (Å²) in [6.07, 6.45) is 0. The Morgan fingerprint density at radius 3 is 2.25 bits per heavy atom. The highest BCUT2D eigenvalue weighted by atomic mass is 35.5.